The lowest BCUT2D eigenvalue weighted by Crippen LogP contribution is -2.38. The molecule has 1 unspecified atom stereocenters. The van der Waals surface area contributed by atoms with Gasteiger partial charge in [-0.1, -0.05) is 6.42 Å². The second-order valence-electron chi connectivity index (χ2n) is 3.90. The zero-order chi connectivity index (χ0) is 10.5. The molecule has 1 aliphatic heterocycles. The summed E-state index contributed by atoms with van der Waals surface area (Å²) in [5.74, 6) is 0.657. The lowest BCUT2D eigenvalue weighted by atomic mass is 10.1. The van der Waals surface area contributed by atoms with Gasteiger partial charge in [0.2, 0.25) is 5.88 Å². The van der Waals surface area contributed by atoms with Crippen molar-refractivity contribution < 1.29 is 4.74 Å². The lowest BCUT2D eigenvalue weighted by Gasteiger charge is -2.23. The average Bonchev–Trinajstić information content (AvgIpc) is 2.29. The number of rotatable bonds is 3. The second kappa shape index (κ2) is 5.07. The summed E-state index contributed by atoms with van der Waals surface area (Å²) in [7, 11) is 0. The quantitative estimate of drug-likeness (QED) is 0.811. The zero-order valence-electron chi connectivity index (χ0n) is 9.07. The largest absolute Gasteiger partial charge is 0.475 e. The molecule has 0 aliphatic carbocycles. The van der Waals surface area contributed by atoms with Crippen molar-refractivity contribution in [1.29, 1.82) is 0 Å². The van der Waals surface area contributed by atoms with Crippen molar-refractivity contribution >= 4 is 0 Å². The van der Waals surface area contributed by atoms with E-state index in [1.807, 2.05) is 6.92 Å². The van der Waals surface area contributed by atoms with Gasteiger partial charge in [-0.15, -0.1) is 0 Å². The second-order valence-corrected chi connectivity index (χ2v) is 3.90. The van der Waals surface area contributed by atoms with E-state index in [9.17, 15) is 0 Å². The van der Waals surface area contributed by atoms with E-state index < -0.39 is 0 Å². The number of aromatic nitrogens is 2. The highest BCUT2D eigenvalue weighted by Crippen LogP contribution is 2.12. The van der Waals surface area contributed by atoms with Gasteiger partial charge < -0.3 is 10.1 Å². The van der Waals surface area contributed by atoms with E-state index in [0.29, 0.717) is 18.5 Å². The van der Waals surface area contributed by atoms with Crippen LogP contribution in [-0.4, -0.2) is 29.2 Å². The molecule has 1 aliphatic rings. The normalized spacial score (nSPS) is 21.3. The molecule has 82 valence electrons. The minimum absolute atomic E-state index is 0.472. The zero-order valence-corrected chi connectivity index (χ0v) is 9.07. The molecule has 2 heterocycles. The Bertz CT molecular complexity index is 310. The van der Waals surface area contributed by atoms with Crippen molar-refractivity contribution in [1.82, 2.24) is 15.3 Å². The lowest BCUT2D eigenvalue weighted by molar-refractivity contribution is 0.230. The first-order valence-electron chi connectivity index (χ1n) is 5.50. The molecule has 0 spiro atoms. The van der Waals surface area contributed by atoms with E-state index in [4.69, 9.17) is 4.74 Å². The Hall–Kier alpha value is -1.16. The third-order valence-corrected chi connectivity index (χ3v) is 2.67. The molecule has 0 radical (unpaired) electrons. The van der Waals surface area contributed by atoms with Crippen molar-refractivity contribution in [2.24, 2.45) is 0 Å². The molecule has 0 amide bonds. The van der Waals surface area contributed by atoms with Gasteiger partial charge >= 0.3 is 0 Å². The van der Waals surface area contributed by atoms with Gasteiger partial charge in [-0.2, -0.15) is 0 Å². The summed E-state index contributed by atoms with van der Waals surface area (Å²) in [4.78, 5) is 8.29. The maximum atomic E-state index is 5.64. The number of ether oxygens (including phenoxy) is 1. The smallest absolute Gasteiger partial charge is 0.235 e. The van der Waals surface area contributed by atoms with Crippen LogP contribution < -0.4 is 10.1 Å². The number of hydrogen-bond acceptors (Lipinski definition) is 4. The molecule has 1 aromatic rings. The maximum absolute atomic E-state index is 5.64. The van der Waals surface area contributed by atoms with Crippen LogP contribution in [-0.2, 0) is 0 Å². The predicted octanol–water partition coefficient (Wildman–Crippen LogP) is 1.31. The molecule has 4 nitrogen and oxygen atoms in total. The van der Waals surface area contributed by atoms with Crippen molar-refractivity contribution in [2.75, 3.05) is 13.2 Å². The first-order chi connectivity index (χ1) is 7.36. The fraction of sp³-hybridized carbons (Fsp3) is 0.636. The number of hydrogen-bond donors (Lipinski definition) is 1. The highest BCUT2D eigenvalue weighted by Gasteiger charge is 2.13. The predicted molar refractivity (Wildman–Crippen MR) is 57.9 cm³/mol. The Morgan fingerprint density at radius 3 is 3.00 bits per heavy atom. The number of piperidine rings is 1. The number of aryl methyl sites for hydroxylation is 1. The molecule has 15 heavy (non-hydrogen) atoms. The Labute approximate surface area is 90.1 Å². The van der Waals surface area contributed by atoms with Gasteiger partial charge in [0.05, 0.1) is 5.69 Å². The molecule has 0 saturated carbocycles. The Morgan fingerprint density at radius 1 is 1.40 bits per heavy atom. The SMILES string of the molecule is Cc1nccnc1OCC1CCCCN1. The summed E-state index contributed by atoms with van der Waals surface area (Å²) in [6.45, 7) is 3.71. The molecule has 0 bridgehead atoms. The third kappa shape index (κ3) is 2.89. The molecular formula is C11H17N3O. The summed E-state index contributed by atoms with van der Waals surface area (Å²) in [6.07, 6.45) is 7.11. The summed E-state index contributed by atoms with van der Waals surface area (Å²) < 4.78 is 5.64. The van der Waals surface area contributed by atoms with Gasteiger partial charge in [-0.05, 0) is 26.3 Å². The maximum Gasteiger partial charge on any atom is 0.235 e. The summed E-state index contributed by atoms with van der Waals surface area (Å²) in [5.41, 5.74) is 0.855. The summed E-state index contributed by atoms with van der Waals surface area (Å²) >= 11 is 0. The van der Waals surface area contributed by atoms with Crippen molar-refractivity contribution in [2.45, 2.75) is 32.2 Å². The fourth-order valence-corrected chi connectivity index (χ4v) is 1.78. The highest BCUT2D eigenvalue weighted by molar-refractivity contribution is 5.14. The van der Waals surface area contributed by atoms with E-state index in [1.165, 1.54) is 19.3 Å². The highest BCUT2D eigenvalue weighted by atomic mass is 16.5. The van der Waals surface area contributed by atoms with Crippen LogP contribution in [0, 0.1) is 6.92 Å². The van der Waals surface area contributed by atoms with Crippen molar-refractivity contribution in [3.05, 3.63) is 18.1 Å². The first kappa shape index (κ1) is 10.4. The van der Waals surface area contributed by atoms with Gasteiger partial charge in [0.15, 0.2) is 0 Å². The van der Waals surface area contributed by atoms with E-state index >= 15 is 0 Å². The Kier molecular flexibility index (Phi) is 3.50. The molecule has 0 aromatic carbocycles. The third-order valence-electron chi connectivity index (χ3n) is 2.67. The van der Waals surface area contributed by atoms with Crippen molar-refractivity contribution in [3.8, 4) is 5.88 Å². The van der Waals surface area contributed by atoms with E-state index in [0.717, 1.165) is 12.2 Å². The van der Waals surface area contributed by atoms with Crippen LogP contribution in [0.4, 0.5) is 0 Å². The molecule has 1 aromatic heterocycles. The van der Waals surface area contributed by atoms with Gasteiger partial charge in [-0.25, -0.2) is 4.98 Å². The molecule has 1 fully saturated rings. The standard InChI is InChI=1S/C11H17N3O/c1-9-11(14-7-6-12-9)15-8-10-4-2-3-5-13-10/h6-7,10,13H,2-5,8H2,1H3. The van der Waals surface area contributed by atoms with Crippen LogP contribution in [0.15, 0.2) is 12.4 Å². The fourth-order valence-electron chi connectivity index (χ4n) is 1.78. The van der Waals surface area contributed by atoms with Gasteiger partial charge in [0, 0.05) is 18.4 Å². The summed E-state index contributed by atoms with van der Waals surface area (Å²) in [5, 5.41) is 3.44. The first-order valence-corrected chi connectivity index (χ1v) is 5.50. The topological polar surface area (TPSA) is 47.0 Å². The Balaban J connectivity index is 1.84. The van der Waals surface area contributed by atoms with Crippen LogP contribution >= 0.6 is 0 Å². The van der Waals surface area contributed by atoms with E-state index in [1.54, 1.807) is 12.4 Å². The van der Waals surface area contributed by atoms with Crippen molar-refractivity contribution in [3.63, 3.8) is 0 Å². The molecule has 4 heteroatoms. The van der Waals surface area contributed by atoms with Crippen LogP contribution in [0.25, 0.3) is 0 Å². The van der Waals surface area contributed by atoms with Crippen LogP contribution in [0.5, 0.6) is 5.88 Å². The van der Waals surface area contributed by atoms with E-state index in [2.05, 4.69) is 15.3 Å². The molecule has 1 saturated heterocycles. The molecule has 2 rings (SSSR count). The monoisotopic (exact) mass is 207 g/mol. The number of nitrogens with zero attached hydrogens (tertiary/aromatic N) is 2. The van der Waals surface area contributed by atoms with Gasteiger partial charge in [0.25, 0.3) is 0 Å². The van der Waals surface area contributed by atoms with Gasteiger partial charge in [-0.3, -0.25) is 4.98 Å². The molecular weight excluding hydrogens is 190 g/mol. The Morgan fingerprint density at radius 2 is 2.27 bits per heavy atom. The minimum atomic E-state index is 0.472. The van der Waals surface area contributed by atoms with Crippen LogP contribution in [0.3, 0.4) is 0 Å². The molecule has 1 atom stereocenters. The van der Waals surface area contributed by atoms with Crippen LogP contribution in [0.1, 0.15) is 25.0 Å². The molecule has 1 N–H and O–H groups in total. The van der Waals surface area contributed by atoms with Crippen LogP contribution in [0.2, 0.25) is 0 Å². The average molecular weight is 207 g/mol. The minimum Gasteiger partial charge on any atom is -0.475 e. The van der Waals surface area contributed by atoms with Gasteiger partial charge in [0.1, 0.15) is 6.61 Å². The summed E-state index contributed by atoms with van der Waals surface area (Å²) in [6, 6.07) is 0.472. The van der Waals surface area contributed by atoms with E-state index in [-0.39, 0.29) is 0 Å². The number of nitrogens with one attached hydrogen (secondary N) is 1.